The second-order valence-electron chi connectivity index (χ2n) is 3.27. The lowest BCUT2D eigenvalue weighted by atomic mass is 9.95. The molecule has 1 heterocycles. The third-order valence-electron chi connectivity index (χ3n) is 2.43. The van der Waals surface area contributed by atoms with Crippen molar-refractivity contribution in [2.24, 2.45) is 5.92 Å². The van der Waals surface area contributed by atoms with Crippen molar-refractivity contribution >= 4 is 0 Å². The summed E-state index contributed by atoms with van der Waals surface area (Å²) >= 11 is 0. The van der Waals surface area contributed by atoms with Crippen LogP contribution in [-0.2, 0) is 4.74 Å². The van der Waals surface area contributed by atoms with E-state index in [0.29, 0.717) is 6.10 Å². The smallest absolute Gasteiger partial charge is 0.0587 e. The summed E-state index contributed by atoms with van der Waals surface area (Å²) in [6, 6.07) is 0. The van der Waals surface area contributed by atoms with Crippen LogP contribution in [0.4, 0.5) is 0 Å². The summed E-state index contributed by atoms with van der Waals surface area (Å²) in [5.74, 6) is 0.740. The first-order valence-electron chi connectivity index (χ1n) is 4.67. The predicted octanol–water partition coefficient (Wildman–Crippen LogP) is 1.41. The SMILES string of the molecule is CCO[C@@H](C)[C@@H]1CCCNC1. The van der Waals surface area contributed by atoms with Gasteiger partial charge < -0.3 is 10.1 Å². The first-order valence-corrected chi connectivity index (χ1v) is 4.67. The molecule has 1 fully saturated rings. The molecule has 0 unspecified atom stereocenters. The van der Waals surface area contributed by atoms with Gasteiger partial charge in [0.25, 0.3) is 0 Å². The molecular formula is C9H19NO. The molecule has 1 saturated heterocycles. The van der Waals surface area contributed by atoms with Crippen LogP contribution in [0.1, 0.15) is 26.7 Å². The van der Waals surface area contributed by atoms with E-state index in [0.717, 1.165) is 19.1 Å². The quantitative estimate of drug-likeness (QED) is 0.669. The summed E-state index contributed by atoms with van der Waals surface area (Å²) < 4.78 is 5.54. The van der Waals surface area contributed by atoms with Gasteiger partial charge in [-0.3, -0.25) is 0 Å². The van der Waals surface area contributed by atoms with Crippen molar-refractivity contribution in [1.82, 2.24) is 5.32 Å². The maximum atomic E-state index is 5.54. The lowest BCUT2D eigenvalue weighted by Gasteiger charge is -2.27. The zero-order chi connectivity index (χ0) is 8.10. The molecule has 0 saturated carbocycles. The molecule has 1 N–H and O–H groups in total. The fraction of sp³-hybridized carbons (Fsp3) is 1.00. The Morgan fingerprint density at radius 2 is 2.45 bits per heavy atom. The Bertz CT molecular complexity index is 99.7. The van der Waals surface area contributed by atoms with Crippen molar-refractivity contribution < 1.29 is 4.74 Å². The highest BCUT2D eigenvalue weighted by Gasteiger charge is 2.19. The second kappa shape index (κ2) is 4.73. The molecule has 2 nitrogen and oxygen atoms in total. The van der Waals surface area contributed by atoms with Gasteiger partial charge in [-0.1, -0.05) is 0 Å². The minimum atomic E-state index is 0.438. The number of piperidine rings is 1. The predicted molar refractivity (Wildman–Crippen MR) is 46.7 cm³/mol. The van der Waals surface area contributed by atoms with Crippen LogP contribution in [-0.4, -0.2) is 25.8 Å². The molecule has 0 radical (unpaired) electrons. The average molecular weight is 157 g/mol. The fourth-order valence-corrected chi connectivity index (χ4v) is 1.68. The van der Waals surface area contributed by atoms with Gasteiger partial charge in [0, 0.05) is 13.2 Å². The molecule has 66 valence electrons. The van der Waals surface area contributed by atoms with E-state index in [2.05, 4.69) is 19.2 Å². The number of nitrogens with one attached hydrogen (secondary N) is 1. The normalized spacial score (nSPS) is 28.4. The number of ether oxygens (including phenoxy) is 1. The highest BCUT2D eigenvalue weighted by Crippen LogP contribution is 2.16. The van der Waals surface area contributed by atoms with E-state index in [1.807, 2.05) is 0 Å². The van der Waals surface area contributed by atoms with Crippen LogP contribution in [0.5, 0.6) is 0 Å². The molecule has 0 spiro atoms. The highest BCUT2D eigenvalue weighted by molar-refractivity contribution is 4.73. The van der Waals surface area contributed by atoms with Crippen molar-refractivity contribution in [3.63, 3.8) is 0 Å². The van der Waals surface area contributed by atoms with Crippen LogP contribution in [0.3, 0.4) is 0 Å². The van der Waals surface area contributed by atoms with Gasteiger partial charge in [-0.2, -0.15) is 0 Å². The standard InChI is InChI=1S/C9H19NO/c1-3-11-8(2)9-5-4-6-10-7-9/h8-10H,3-7H2,1-2H3/t8-,9+/m0/s1. The van der Waals surface area contributed by atoms with E-state index >= 15 is 0 Å². The van der Waals surface area contributed by atoms with Crippen LogP contribution >= 0.6 is 0 Å². The summed E-state index contributed by atoms with van der Waals surface area (Å²) in [5, 5.41) is 3.39. The molecule has 1 rings (SSSR count). The van der Waals surface area contributed by atoms with Gasteiger partial charge in [-0.15, -0.1) is 0 Å². The van der Waals surface area contributed by atoms with Crippen LogP contribution in [0, 0.1) is 5.92 Å². The van der Waals surface area contributed by atoms with Gasteiger partial charge in [0.15, 0.2) is 0 Å². The minimum absolute atomic E-state index is 0.438. The molecular weight excluding hydrogens is 138 g/mol. The van der Waals surface area contributed by atoms with E-state index in [1.54, 1.807) is 0 Å². The summed E-state index contributed by atoms with van der Waals surface area (Å²) in [6.07, 6.45) is 3.07. The molecule has 2 atom stereocenters. The van der Waals surface area contributed by atoms with E-state index < -0.39 is 0 Å². The minimum Gasteiger partial charge on any atom is -0.378 e. The summed E-state index contributed by atoms with van der Waals surface area (Å²) in [5.41, 5.74) is 0. The van der Waals surface area contributed by atoms with Crippen molar-refractivity contribution in [3.8, 4) is 0 Å². The molecule has 1 aliphatic heterocycles. The van der Waals surface area contributed by atoms with Gasteiger partial charge in [0.1, 0.15) is 0 Å². The number of rotatable bonds is 3. The summed E-state index contributed by atoms with van der Waals surface area (Å²) in [6.45, 7) is 7.42. The number of hydrogen-bond acceptors (Lipinski definition) is 2. The Labute approximate surface area is 69.3 Å². The summed E-state index contributed by atoms with van der Waals surface area (Å²) in [7, 11) is 0. The third kappa shape index (κ3) is 2.80. The largest absolute Gasteiger partial charge is 0.378 e. The van der Waals surface area contributed by atoms with Crippen molar-refractivity contribution in [2.75, 3.05) is 19.7 Å². The molecule has 0 bridgehead atoms. The highest BCUT2D eigenvalue weighted by atomic mass is 16.5. The topological polar surface area (TPSA) is 21.3 Å². The molecule has 11 heavy (non-hydrogen) atoms. The van der Waals surface area contributed by atoms with Crippen LogP contribution in [0.15, 0.2) is 0 Å². The van der Waals surface area contributed by atoms with E-state index in [4.69, 9.17) is 4.74 Å². The van der Waals surface area contributed by atoms with Gasteiger partial charge in [-0.05, 0) is 39.2 Å². The molecule has 2 heteroatoms. The molecule has 0 amide bonds. The van der Waals surface area contributed by atoms with Crippen LogP contribution < -0.4 is 5.32 Å². The third-order valence-corrected chi connectivity index (χ3v) is 2.43. The molecule has 0 aromatic carbocycles. The molecule has 0 aromatic rings. The first-order chi connectivity index (χ1) is 5.34. The maximum absolute atomic E-state index is 5.54. The Balaban J connectivity index is 2.21. The van der Waals surface area contributed by atoms with Crippen molar-refractivity contribution in [2.45, 2.75) is 32.8 Å². The van der Waals surface area contributed by atoms with Gasteiger partial charge in [0.05, 0.1) is 6.10 Å². The van der Waals surface area contributed by atoms with E-state index in [9.17, 15) is 0 Å². The monoisotopic (exact) mass is 157 g/mol. The lowest BCUT2D eigenvalue weighted by molar-refractivity contribution is 0.0249. The maximum Gasteiger partial charge on any atom is 0.0587 e. The second-order valence-corrected chi connectivity index (χ2v) is 3.27. The molecule has 1 aliphatic rings. The van der Waals surface area contributed by atoms with Gasteiger partial charge in [-0.25, -0.2) is 0 Å². The number of hydrogen-bond donors (Lipinski definition) is 1. The Morgan fingerprint density at radius 3 is 3.00 bits per heavy atom. The summed E-state index contributed by atoms with van der Waals surface area (Å²) in [4.78, 5) is 0. The first kappa shape index (κ1) is 9.01. The van der Waals surface area contributed by atoms with Crippen LogP contribution in [0.2, 0.25) is 0 Å². The molecule has 0 aliphatic carbocycles. The fourth-order valence-electron chi connectivity index (χ4n) is 1.68. The molecule has 0 aromatic heterocycles. The van der Waals surface area contributed by atoms with Crippen molar-refractivity contribution in [1.29, 1.82) is 0 Å². The zero-order valence-electron chi connectivity index (χ0n) is 7.60. The Hall–Kier alpha value is -0.0800. The Morgan fingerprint density at radius 1 is 1.64 bits per heavy atom. The van der Waals surface area contributed by atoms with Crippen LogP contribution in [0.25, 0.3) is 0 Å². The Kier molecular flexibility index (Phi) is 3.87. The van der Waals surface area contributed by atoms with Gasteiger partial charge >= 0.3 is 0 Å². The van der Waals surface area contributed by atoms with E-state index in [1.165, 1.54) is 19.4 Å². The average Bonchev–Trinajstić information content (AvgIpc) is 2.07. The van der Waals surface area contributed by atoms with Gasteiger partial charge in [0.2, 0.25) is 0 Å². The lowest BCUT2D eigenvalue weighted by Crippen LogP contribution is -2.36. The van der Waals surface area contributed by atoms with Crippen molar-refractivity contribution in [3.05, 3.63) is 0 Å². The zero-order valence-corrected chi connectivity index (χ0v) is 7.60. The van der Waals surface area contributed by atoms with E-state index in [-0.39, 0.29) is 0 Å².